The zero-order valence-electron chi connectivity index (χ0n) is 13.5. The standard InChI is InChI=1S/C16H23BrN2O3/c1-11(20)18-12-7-8-13(17)14(10-12)22-9-5-6-15(21)19-16(2,3)4/h7-8,10H,5-6,9H2,1-4H3,(H,18,20)(H,19,21). The van der Waals surface area contributed by atoms with Crippen molar-refractivity contribution >= 4 is 33.4 Å². The van der Waals surface area contributed by atoms with E-state index >= 15 is 0 Å². The highest BCUT2D eigenvalue weighted by molar-refractivity contribution is 9.10. The molecular weight excluding hydrogens is 348 g/mol. The van der Waals surface area contributed by atoms with E-state index in [1.54, 1.807) is 12.1 Å². The fraction of sp³-hybridized carbons (Fsp3) is 0.500. The molecule has 0 aliphatic heterocycles. The third-order valence-electron chi connectivity index (χ3n) is 2.57. The van der Waals surface area contributed by atoms with E-state index in [0.717, 1.165) is 4.47 Å². The summed E-state index contributed by atoms with van der Waals surface area (Å²) in [4.78, 5) is 22.7. The van der Waals surface area contributed by atoms with Crippen molar-refractivity contribution < 1.29 is 14.3 Å². The summed E-state index contributed by atoms with van der Waals surface area (Å²) >= 11 is 3.40. The van der Waals surface area contributed by atoms with Crippen molar-refractivity contribution in [1.29, 1.82) is 0 Å². The van der Waals surface area contributed by atoms with E-state index in [1.165, 1.54) is 6.92 Å². The number of hydrogen-bond donors (Lipinski definition) is 2. The Morgan fingerprint density at radius 1 is 1.27 bits per heavy atom. The van der Waals surface area contributed by atoms with Crippen LogP contribution in [0.4, 0.5) is 5.69 Å². The molecule has 0 fully saturated rings. The van der Waals surface area contributed by atoms with Crippen LogP contribution in [0.2, 0.25) is 0 Å². The number of halogens is 1. The molecule has 0 heterocycles. The third kappa shape index (κ3) is 7.45. The van der Waals surface area contributed by atoms with Gasteiger partial charge in [-0.2, -0.15) is 0 Å². The molecule has 122 valence electrons. The number of anilines is 1. The van der Waals surface area contributed by atoms with Crippen LogP contribution in [-0.4, -0.2) is 24.0 Å². The van der Waals surface area contributed by atoms with Crippen LogP contribution in [0, 0.1) is 0 Å². The maximum atomic E-state index is 11.7. The molecule has 0 unspecified atom stereocenters. The molecule has 22 heavy (non-hydrogen) atoms. The second-order valence-corrected chi connectivity index (χ2v) is 6.93. The lowest BCUT2D eigenvalue weighted by molar-refractivity contribution is -0.122. The molecule has 0 saturated carbocycles. The smallest absolute Gasteiger partial charge is 0.221 e. The minimum Gasteiger partial charge on any atom is -0.492 e. The van der Waals surface area contributed by atoms with Crippen LogP contribution in [0.1, 0.15) is 40.5 Å². The number of nitrogens with one attached hydrogen (secondary N) is 2. The first-order chi connectivity index (χ1) is 10.2. The minimum absolute atomic E-state index is 0.0159. The van der Waals surface area contributed by atoms with Gasteiger partial charge in [-0.1, -0.05) is 0 Å². The third-order valence-corrected chi connectivity index (χ3v) is 3.23. The summed E-state index contributed by atoms with van der Waals surface area (Å²) in [6.07, 6.45) is 1.04. The van der Waals surface area contributed by atoms with E-state index in [0.29, 0.717) is 30.9 Å². The zero-order chi connectivity index (χ0) is 16.8. The Morgan fingerprint density at radius 3 is 2.55 bits per heavy atom. The van der Waals surface area contributed by atoms with E-state index < -0.39 is 0 Å². The fourth-order valence-electron chi connectivity index (χ4n) is 1.79. The molecule has 0 bridgehead atoms. The summed E-state index contributed by atoms with van der Waals surface area (Å²) in [7, 11) is 0. The molecule has 0 aliphatic rings. The van der Waals surface area contributed by atoms with Crippen molar-refractivity contribution in [3.63, 3.8) is 0 Å². The molecule has 6 heteroatoms. The normalized spacial score (nSPS) is 11.0. The monoisotopic (exact) mass is 370 g/mol. The lowest BCUT2D eigenvalue weighted by atomic mass is 10.1. The summed E-state index contributed by atoms with van der Waals surface area (Å²) in [5.41, 5.74) is 0.462. The van der Waals surface area contributed by atoms with Gasteiger partial charge in [-0.15, -0.1) is 0 Å². The quantitative estimate of drug-likeness (QED) is 0.753. The number of carbonyl (C=O) groups excluding carboxylic acids is 2. The molecule has 5 nitrogen and oxygen atoms in total. The summed E-state index contributed by atoms with van der Waals surface area (Å²) in [6, 6.07) is 5.35. The summed E-state index contributed by atoms with van der Waals surface area (Å²) < 4.78 is 6.47. The van der Waals surface area contributed by atoms with E-state index in [9.17, 15) is 9.59 Å². The Kier molecular flexibility index (Phi) is 6.87. The molecule has 0 aromatic heterocycles. The largest absolute Gasteiger partial charge is 0.492 e. The predicted molar refractivity (Wildman–Crippen MR) is 91.1 cm³/mol. The second kappa shape index (κ2) is 8.17. The first-order valence-corrected chi connectivity index (χ1v) is 7.97. The average Bonchev–Trinajstić information content (AvgIpc) is 2.35. The molecule has 0 atom stereocenters. The van der Waals surface area contributed by atoms with Crippen LogP contribution in [-0.2, 0) is 9.59 Å². The van der Waals surface area contributed by atoms with Crippen molar-refractivity contribution in [2.75, 3.05) is 11.9 Å². The Labute approximate surface area is 139 Å². The summed E-state index contributed by atoms with van der Waals surface area (Å²) in [6.45, 7) is 7.74. The van der Waals surface area contributed by atoms with Gasteiger partial charge in [-0.05, 0) is 55.3 Å². The molecule has 0 spiro atoms. The second-order valence-electron chi connectivity index (χ2n) is 6.08. The Morgan fingerprint density at radius 2 is 1.95 bits per heavy atom. The van der Waals surface area contributed by atoms with E-state index in [1.807, 2.05) is 26.8 Å². The maximum Gasteiger partial charge on any atom is 0.221 e. The van der Waals surface area contributed by atoms with Gasteiger partial charge in [-0.25, -0.2) is 0 Å². The molecule has 0 radical (unpaired) electrons. The molecule has 0 aliphatic carbocycles. The minimum atomic E-state index is -0.215. The van der Waals surface area contributed by atoms with Gasteiger partial charge in [0.25, 0.3) is 0 Å². The van der Waals surface area contributed by atoms with Gasteiger partial charge in [0.05, 0.1) is 11.1 Å². The fourth-order valence-corrected chi connectivity index (χ4v) is 2.15. The Hall–Kier alpha value is -1.56. The van der Waals surface area contributed by atoms with Crippen LogP contribution in [0.3, 0.4) is 0 Å². The average molecular weight is 371 g/mol. The van der Waals surface area contributed by atoms with Crippen LogP contribution < -0.4 is 15.4 Å². The van der Waals surface area contributed by atoms with Crippen LogP contribution in [0.5, 0.6) is 5.75 Å². The van der Waals surface area contributed by atoms with Crippen molar-refractivity contribution in [2.45, 2.75) is 46.1 Å². The van der Waals surface area contributed by atoms with Crippen molar-refractivity contribution in [2.24, 2.45) is 0 Å². The van der Waals surface area contributed by atoms with E-state index in [4.69, 9.17) is 4.74 Å². The topological polar surface area (TPSA) is 67.4 Å². The van der Waals surface area contributed by atoms with Crippen LogP contribution >= 0.6 is 15.9 Å². The van der Waals surface area contributed by atoms with Gasteiger partial charge in [0.15, 0.2) is 0 Å². The number of benzene rings is 1. The van der Waals surface area contributed by atoms with Gasteiger partial charge in [0, 0.05) is 30.6 Å². The highest BCUT2D eigenvalue weighted by Gasteiger charge is 2.13. The van der Waals surface area contributed by atoms with Crippen molar-refractivity contribution in [3.8, 4) is 5.75 Å². The highest BCUT2D eigenvalue weighted by Crippen LogP contribution is 2.28. The maximum absolute atomic E-state index is 11.7. The van der Waals surface area contributed by atoms with E-state index in [2.05, 4.69) is 26.6 Å². The first kappa shape index (κ1) is 18.5. The lowest BCUT2D eigenvalue weighted by Gasteiger charge is -2.20. The molecule has 1 aromatic rings. The summed E-state index contributed by atoms with van der Waals surface area (Å²) in [5.74, 6) is 0.525. The first-order valence-electron chi connectivity index (χ1n) is 7.18. The van der Waals surface area contributed by atoms with Crippen LogP contribution in [0.25, 0.3) is 0 Å². The van der Waals surface area contributed by atoms with Gasteiger partial charge in [0.2, 0.25) is 11.8 Å². The van der Waals surface area contributed by atoms with Gasteiger partial charge in [-0.3, -0.25) is 9.59 Å². The molecule has 0 saturated heterocycles. The number of hydrogen-bond acceptors (Lipinski definition) is 3. The SMILES string of the molecule is CC(=O)Nc1ccc(Br)c(OCCCC(=O)NC(C)(C)C)c1. The van der Waals surface area contributed by atoms with Crippen molar-refractivity contribution in [1.82, 2.24) is 5.32 Å². The number of ether oxygens (including phenoxy) is 1. The highest BCUT2D eigenvalue weighted by atomic mass is 79.9. The molecule has 1 rings (SSSR count). The lowest BCUT2D eigenvalue weighted by Crippen LogP contribution is -2.40. The molecule has 2 N–H and O–H groups in total. The molecule has 2 amide bonds. The van der Waals surface area contributed by atoms with E-state index in [-0.39, 0.29) is 17.4 Å². The number of rotatable bonds is 6. The van der Waals surface area contributed by atoms with Crippen molar-refractivity contribution in [3.05, 3.63) is 22.7 Å². The van der Waals surface area contributed by atoms with Gasteiger partial charge < -0.3 is 15.4 Å². The number of amides is 2. The number of carbonyl (C=O) groups is 2. The predicted octanol–water partition coefficient (Wildman–Crippen LogP) is 3.48. The van der Waals surface area contributed by atoms with Crippen LogP contribution in [0.15, 0.2) is 22.7 Å². The molecule has 1 aromatic carbocycles. The van der Waals surface area contributed by atoms with Gasteiger partial charge >= 0.3 is 0 Å². The summed E-state index contributed by atoms with van der Waals surface area (Å²) in [5, 5.41) is 5.61. The zero-order valence-corrected chi connectivity index (χ0v) is 15.0. The Bertz CT molecular complexity index is 539. The molecular formula is C16H23BrN2O3. The van der Waals surface area contributed by atoms with Gasteiger partial charge in [0.1, 0.15) is 5.75 Å². The Balaban J connectivity index is 2.44.